The van der Waals surface area contributed by atoms with Gasteiger partial charge < -0.3 is 15.5 Å². The molecular formula is C13H16N4O. The summed E-state index contributed by atoms with van der Waals surface area (Å²) >= 11 is 0. The van der Waals surface area contributed by atoms with Crippen LogP contribution in [0.25, 0.3) is 0 Å². The van der Waals surface area contributed by atoms with E-state index < -0.39 is 0 Å². The molecular weight excluding hydrogens is 228 g/mol. The van der Waals surface area contributed by atoms with E-state index in [0.29, 0.717) is 17.8 Å². The van der Waals surface area contributed by atoms with Gasteiger partial charge in [0, 0.05) is 25.2 Å². The van der Waals surface area contributed by atoms with Gasteiger partial charge in [0.2, 0.25) is 0 Å². The van der Waals surface area contributed by atoms with Crippen LogP contribution in [0.2, 0.25) is 0 Å². The van der Waals surface area contributed by atoms with Crippen LogP contribution < -0.4 is 15.5 Å². The smallest absolute Gasteiger partial charge is 0.270 e. The minimum absolute atomic E-state index is 0.0463. The molecule has 5 nitrogen and oxygen atoms in total. The molecule has 2 fully saturated rings. The molecule has 0 spiro atoms. The Morgan fingerprint density at radius 2 is 2.28 bits per heavy atom. The van der Waals surface area contributed by atoms with Crippen LogP contribution in [0.4, 0.5) is 11.5 Å². The first kappa shape index (κ1) is 10.2. The number of aromatic nitrogens is 1. The number of nitrogens with one attached hydrogen (secondary N) is 2. The highest BCUT2D eigenvalue weighted by Gasteiger charge is 2.31. The van der Waals surface area contributed by atoms with Crippen molar-refractivity contribution in [3.63, 3.8) is 0 Å². The van der Waals surface area contributed by atoms with E-state index in [1.807, 2.05) is 12.1 Å². The number of carbonyl (C=O) groups excluding carboxylic acids is 1. The second kappa shape index (κ2) is 3.60. The number of amides is 1. The van der Waals surface area contributed by atoms with Crippen LogP contribution in [-0.4, -0.2) is 36.1 Å². The predicted molar refractivity (Wildman–Crippen MR) is 69.0 cm³/mol. The van der Waals surface area contributed by atoms with Crippen LogP contribution in [0.1, 0.15) is 29.8 Å². The maximum atomic E-state index is 11.9. The van der Waals surface area contributed by atoms with E-state index in [1.165, 1.54) is 0 Å². The lowest BCUT2D eigenvalue weighted by atomic mass is 10.2. The van der Waals surface area contributed by atoms with E-state index in [2.05, 4.69) is 20.5 Å². The van der Waals surface area contributed by atoms with Crippen LogP contribution in [0.5, 0.6) is 0 Å². The summed E-state index contributed by atoms with van der Waals surface area (Å²) in [6.45, 7) is 2.14. The molecule has 1 aromatic heterocycles. The molecule has 18 heavy (non-hydrogen) atoms. The largest absolute Gasteiger partial charge is 0.366 e. The molecule has 5 heteroatoms. The van der Waals surface area contributed by atoms with Crippen LogP contribution >= 0.6 is 0 Å². The molecule has 1 aliphatic carbocycles. The van der Waals surface area contributed by atoms with Gasteiger partial charge in [-0.15, -0.1) is 0 Å². The van der Waals surface area contributed by atoms with Crippen molar-refractivity contribution in [2.24, 2.45) is 0 Å². The molecule has 94 valence electrons. The summed E-state index contributed by atoms with van der Waals surface area (Å²) in [7, 11) is 0. The Labute approximate surface area is 106 Å². The maximum absolute atomic E-state index is 11.9. The van der Waals surface area contributed by atoms with Crippen molar-refractivity contribution in [3.05, 3.63) is 17.8 Å². The molecule has 2 N–H and O–H groups in total. The molecule has 0 unspecified atom stereocenters. The fourth-order valence-corrected chi connectivity index (χ4v) is 2.72. The van der Waals surface area contributed by atoms with Crippen molar-refractivity contribution < 1.29 is 4.79 Å². The molecule has 1 aromatic rings. The Kier molecular flexibility index (Phi) is 2.04. The molecule has 1 atom stereocenters. The lowest BCUT2D eigenvalue weighted by Gasteiger charge is -2.27. The Morgan fingerprint density at radius 1 is 1.39 bits per heavy atom. The molecule has 2 bridgehead atoms. The number of carbonyl (C=O) groups is 1. The monoisotopic (exact) mass is 244 g/mol. The number of pyridine rings is 1. The Hall–Kier alpha value is -1.78. The van der Waals surface area contributed by atoms with E-state index in [-0.39, 0.29) is 5.91 Å². The number of rotatable bonds is 2. The van der Waals surface area contributed by atoms with E-state index in [0.717, 1.165) is 43.9 Å². The van der Waals surface area contributed by atoms with Crippen molar-refractivity contribution in [3.8, 4) is 0 Å². The lowest BCUT2D eigenvalue weighted by molar-refractivity contribution is 0.0946. The molecule has 1 saturated carbocycles. The van der Waals surface area contributed by atoms with Gasteiger partial charge in [-0.2, -0.15) is 0 Å². The minimum atomic E-state index is -0.0463. The molecule has 2 aliphatic heterocycles. The Bertz CT molecular complexity index is 512. The molecule has 3 aliphatic rings. The Morgan fingerprint density at radius 3 is 3.11 bits per heavy atom. The quantitative estimate of drug-likeness (QED) is 0.814. The third-order valence-electron chi connectivity index (χ3n) is 3.89. The van der Waals surface area contributed by atoms with Crippen LogP contribution in [-0.2, 0) is 0 Å². The zero-order valence-corrected chi connectivity index (χ0v) is 10.1. The van der Waals surface area contributed by atoms with Crippen molar-refractivity contribution in [2.75, 3.05) is 23.3 Å². The standard InChI is InChI=1S/C13H16N4O/c18-13(15-8-1-2-8)10-3-4-11-12(16-10)14-9-5-6-17(11)7-9/h3-4,8-9H,1-2,5-7H2,(H,14,16)(H,15,18)/t9-/m0/s1. The van der Waals surface area contributed by atoms with Gasteiger partial charge in [-0.1, -0.05) is 0 Å². The van der Waals surface area contributed by atoms with Gasteiger partial charge in [-0.05, 0) is 31.4 Å². The summed E-state index contributed by atoms with van der Waals surface area (Å²) in [6, 6.07) is 4.71. The van der Waals surface area contributed by atoms with Crippen molar-refractivity contribution in [2.45, 2.75) is 31.3 Å². The normalized spacial score (nSPS) is 24.4. The van der Waals surface area contributed by atoms with E-state index >= 15 is 0 Å². The summed E-state index contributed by atoms with van der Waals surface area (Å²) < 4.78 is 0. The third kappa shape index (κ3) is 1.62. The molecule has 4 rings (SSSR count). The van der Waals surface area contributed by atoms with E-state index in [4.69, 9.17) is 0 Å². The number of anilines is 2. The Balaban J connectivity index is 1.63. The first-order chi connectivity index (χ1) is 8.79. The van der Waals surface area contributed by atoms with Crippen LogP contribution in [0.15, 0.2) is 12.1 Å². The van der Waals surface area contributed by atoms with Gasteiger partial charge in [-0.3, -0.25) is 4.79 Å². The first-order valence-electron chi connectivity index (χ1n) is 6.63. The molecule has 1 saturated heterocycles. The highest BCUT2D eigenvalue weighted by Crippen LogP contribution is 2.34. The molecule has 0 radical (unpaired) electrons. The van der Waals surface area contributed by atoms with E-state index in [1.54, 1.807) is 0 Å². The maximum Gasteiger partial charge on any atom is 0.270 e. The second-order valence-corrected chi connectivity index (χ2v) is 5.39. The molecule has 1 amide bonds. The van der Waals surface area contributed by atoms with E-state index in [9.17, 15) is 4.79 Å². The zero-order valence-electron chi connectivity index (χ0n) is 10.1. The van der Waals surface area contributed by atoms with Crippen LogP contribution in [0.3, 0.4) is 0 Å². The highest BCUT2D eigenvalue weighted by molar-refractivity contribution is 5.94. The van der Waals surface area contributed by atoms with Crippen LogP contribution in [0, 0.1) is 0 Å². The summed E-state index contributed by atoms with van der Waals surface area (Å²) in [5.41, 5.74) is 1.65. The topological polar surface area (TPSA) is 57.3 Å². The second-order valence-electron chi connectivity index (χ2n) is 5.39. The van der Waals surface area contributed by atoms with Gasteiger partial charge in [-0.25, -0.2) is 4.98 Å². The number of nitrogens with zero attached hydrogens (tertiary/aromatic N) is 2. The minimum Gasteiger partial charge on any atom is -0.366 e. The van der Waals surface area contributed by atoms with Crippen molar-refractivity contribution >= 4 is 17.4 Å². The number of fused-ring (bicyclic) bond motifs is 4. The van der Waals surface area contributed by atoms with Gasteiger partial charge in [0.25, 0.3) is 5.91 Å². The molecule has 0 aromatic carbocycles. The van der Waals surface area contributed by atoms with Crippen molar-refractivity contribution in [1.29, 1.82) is 0 Å². The average molecular weight is 244 g/mol. The highest BCUT2D eigenvalue weighted by atomic mass is 16.2. The zero-order chi connectivity index (χ0) is 12.1. The fraction of sp³-hybridized carbons (Fsp3) is 0.538. The van der Waals surface area contributed by atoms with Gasteiger partial charge in [0.15, 0.2) is 5.82 Å². The predicted octanol–water partition coefficient (Wildman–Crippen LogP) is 0.978. The number of hydrogen-bond acceptors (Lipinski definition) is 4. The van der Waals surface area contributed by atoms with Gasteiger partial charge in [0.1, 0.15) is 5.69 Å². The average Bonchev–Trinajstić information content (AvgIpc) is 3.11. The molecule has 3 heterocycles. The first-order valence-corrected chi connectivity index (χ1v) is 6.63. The third-order valence-corrected chi connectivity index (χ3v) is 3.89. The summed E-state index contributed by atoms with van der Waals surface area (Å²) in [4.78, 5) is 18.8. The lowest BCUT2D eigenvalue weighted by Crippen LogP contribution is -2.33. The number of hydrogen-bond donors (Lipinski definition) is 2. The van der Waals surface area contributed by atoms with Gasteiger partial charge in [0.05, 0.1) is 5.69 Å². The SMILES string of the molecule is O=C(NC1CC1)c1ccc2c(n1)N[C@H]1CCN2C1. The summed E-state index contributed by atoms with van der Waals surface area (Å²) in [5, 5.41) is 6.39. The fourth-order valence-electron chi connectivity index (χ4n) is 2.72. The summed E-state index contributed by atoms with van der Waals surface area (Å²) in [5.74, 6) is 0.821. The van der Waals surface area contributed by atoms with Gasteiger partial charge >= 0.3 is 0 Å². The van der Waals surface area contributed by atoms with Crippen molar-refractivity contribution in [1.82, 2.24) is 10.3 Å². The summed E-state index contributed by atoms with van der Waals surface area (Å²) in [6.07, 6.45) is 3.36.